The van der Waals surface area contributed by atoms with Crippen molar-refractivity contribution in [1.82, 2.24) is 10.2 Å². The Morgan fingerprint density at radius 2 is 2.30 bits per heavy atom. The molecule has 5 heteroatoms. The molecule has 1 aliphatic carbocycles. The lowest BCUT2D eigenvalue weighted by molar-refractivity contribution is -0.140. The van der Waals surface area contributed by atoms with E-state index in [1.807, 2.05) is 13.0 Å². The molecule has 1 saturated carbocycles. The van der Waals surface area contributed by atoms with Crippen LogP contribution in [0.2, 0.25) is 0 Å². The largest absolute Gasteiger partial charge is 0.381 e. The number of amides is 1. The van der Waals surface area contributed by atoms with Crippen molar-refractivity contribution in [1.29, 1.82) is 0 Å². The minimum Gasteiger partial charge on any atom is -0.381 e. The minimum atomic E-state index is -0.438. The molecule has 1 aromatic heterocycles. The molecule has 1 aliphatic heterocycles. The highest BCUT2D eigenvalue weighted by Gasteiger charge is 2.52. The number of hydrogen-bond donors (Lipinski definition) is 1. The zero-order valence-electron chi connectivity index (χ0n) is 12.3. The maximum Gasteiger partial charge on any atom is 0.244 e. The molecule has 2 atom stereocenters. The van der Waals surface area contributed by atoms with Gasteiger partial charge in [-0.05, 0) is 37.6 Å². The standard InChI is InChI=1S/C15H22N2O2S/c1-4-15(2)14(18)17(10-8-11(9-10)19-3)13(16-15)12-6-5-7-20-12/h5-7,10-11,13,16H,4,8-9H2,1-3H3. The fourth-order valence-corrected chi connectivity index (χ4v) is 3.85. The number of nitrogens with zero attached hydrogens (tertiary/aromatic N) is 1. The molecule has 4 nitrogen and oxygen atoms in total. The van der Waals surface area contributed by atoms with Crippen LogP contribution in [0.15, 0.2) is 17.5 Å². The normalized spacial score (nSPS) is 37.2. The number of rotatable bonds is 4. The summed E-state index contributed by atoms with van der Waals surface area (Å²) in [6.07, 6.45) is 3.04. The van der Waals surface area contributed by atoms with Crippen molar-refractivity contribution in [3.8, 4) is 0 Å². The van der Waals surface area contributed by atoms with E-state index in [2.05, 4.69) is 28.6 Å². The zero-order chi connectivity index (χ0) is 14.3. The summed E-state index contributed by atoms with van der Waals surface area (Å²) in [5, 5.41) is 5.62. The molecule has 0 spiro atoms. The van der Waals surface area contributed by atoms with Crippen LogP contribution in [0, 0.1) is 0 Å². The Morgan fingerprint density at radius 1 is 1.55 bits per heavy atom. The van der Waals surface area contributed by atoms with E-state index in [0.29, 0.717) is 12.1 Å². The summed E-state index contributed by atoms with van der Waals surface area (Å²) >= 11 is 1.71. The second kappa shape index (κ2) is 5.13. The summed E-state index contributed by atoms with van der Waals surface area (Å²) < 4.78 is 5.36. The molecule has 110 valence electrons. The van der Waals surface area contributed by atoms with E-state index in [1.165, 1.54) is 4.88 Å². The maximum atomic E-state index is 12.8. The van der Waals surface area contributed by atoms with Gasteiger partial charge in [0.2, 0.25) is 5.91 Å². The van der Waals surface area contributed by atoms with Gasteiger partial charge in [-0.25, -0.2) is 0 Å². The van der Waals surface area contributed by atoms with Gasteiger partial charge in [-0.1, -0.05) is 13.0 Å². The van der Waals surface area contributed by atoms with Gasteiger partial charge < -0.3 is 9.64 Å². The Bertz CT molecular complexity index is 484. The van der Waals surface area contributed by atoms with Gasteiger partial charge in [-0.2, -0.15) is 0 Å². The summed E-state index contributed by atoms with van der Waals surface area (Å²) in [4.78, 5) is 16.1. The Hall–Kier alpha value is -0.910. The van der Waals surface area contributed by atoms with Gasteiger partial charge in [0.1, 0.15) is 6.17 Å². The van der Waals surface area contributed by atoms with Crippen molar-refractivity contribution in [2.45, 2.75) is 57.0 Å². The van der Waals surface area contributed by atoms with Crippen molar-refractivity contribution in [3.63, 3.8) is 0 Å². The van der Waals surface area contributed by atoms with Crippen LogP contribution in [0.5, 0.6) is 0 Å². The molecule has 1 N–H and O–H groups in total. The van der Waals surface area contributed by atoms with E-state index in [1.54, 1.807) is 18.4 Å². The Balaban J connectivity index is 1.85. The predicted molar refractivity (Wildman–Crippen MR) is 79.6 cm³/mol. The van der Waals surface area contributed by atoms with Gasteiger partial charge >= 0.3 is 0 Å². The van der Waals surface area contributed by atoms with Crippen LogP contribution in [0.3, 0.4) is 0 Å². The van der Waals surface area contributed by atoms with Crippen LogP contribution in [0.4, 0.5) is 0 Å². The van der Waals surface area contributed by atoms with Crippen molar-refractivity contribution < 1.29 is 9.53 Å². The number of carbonyl (C=O) groups excluding carboxylic acids is 1. The van der Waals surface area contributed by atoms with E-state index in [9.17, 15) is 4.79 Å². The van der Waals surface area contributed by atoms with Crippen LogP contribution in [0.25, 0.3) is 0 Å². The summed E-state index contributed by atoms with van der Waals surface area (Å²) in [6.45, 7) is 4.08. The lowest BCUT2D eigenvalue weighted by Crippen LogP contribution is -2.51. The lowest BCUT2D eigenvalue weighted by atomic mass is 9.86. The van der Waals surface area contributed by atoms with E-state index in [4.69, 9.17) is 4.74 Å². The molecule has 20 heavy (non-hydrogen) atoms. The van der Waals surface area contributed by atoms with Crippen LogP contribution < -0.4 is 5.32 Å². The fraction of sp³-hybridized carbons (Fsp3) is 0.667. The number of ether oxygens (including phenoxy) is 1. The summed E-state index contributed by atoms with van der Waals surface area (Å²) in [6, 6.07) is 4.46. The average molecular weight is 294 g/mol. The molecule has 1 aromatic rings. The Labute approximate surface area is 124 Å². The quantitative estimate of drug-likeness (QED) is 0.928. The van der Waals surface area contributed by atoms with Gasteiger partial charge in [0.15, 0.2) is 0 Å². The van der Waals surface area contributed by atoms with E-state index in [0.717, 1.165) is 19.3 Å². The van der Waals surface area contributed by atoms with Gasteiger partial charge in [-0.3, -0.25) is 10.1 Å². The van der Waals surface area contributed by atoms with Crippen LogP contribution >= 0.6 is 11.3 Å². The maximum absolute atomic E-state index is 12.8. The molecule has 0 radical (unpaired) electrons. The third-order valence-electron chi connectivity index (χ3n) is 4.76. The van der Waals surface area contributed by atoms with Crippen molar-refractivity contribution >= 4 is 17.2 Å². The highest BCUT2D eigenvalue weighted by Crippen LogP contribution is 2.41. The molecule has 2 heterocycles. The molecule has 0 aromatic carbocycles. The first-order chi connectivity index (χ1) is 9.59. The molecule has 3 rings (SSSR count). The molecule has 2 fully saturated rings. The third kappa shape index (κ3) is 2.08. The van der Waals surface area contributed by atoms with Gasteiger partial charge in [0, 0.05) is 18.0 Å². The number of hydrogen-bond acceptors (Lipinski definition) is 4. The topological polar surface area (TPSA) is 41.6 Å². The Morgan fingerprint density at radius 3 is 2.85 bits per heavy atom. The number of thiophene rings is 1. The Kier molecular flexibility index (Phi) is 3.60. The van der Waals surface area contributed by atoms with Crippen LogP contribution in [-0.2, 0) is 9.53 Å². The molecule has 2 unspecified atom stereocenters. The van der Waals surface area contributed by atoms with E-state index in [-0.39, 0.29) is 12.1 Å². The number of carbonyl (C=O) groups is 1. The number of methoxy groups -OCH3 is 1. The molecule has 1 saturated heterocycles. The molecule has 0 bridgehead atoms. The second-order valence-electron chi connectivity index (χ2n) is 5.94. The molecule has 2 aliphatic rings. The monoisotopic (exact) mass is 294 g/mol. The molecular weight excluding hydrogens is 272 g/mol. The number of nitrogens with one attached hydrogen (secondary N) is 1. The third-order valence-corrected chi connectivity index (χ3v) is 5.68. The highest BCUT2D eigenvalue weighted by atomic mass is 32.1. The smallest absolute Gasteiger partial charge is 0.244 e. The molecular formula is C15H22N2O2S. The van der Waals surface area contributed by atoms with Gasteiger partial charge in [-0.15, -0.1) is 11.3 Å². The second-order valence-corrected chi connectivity index (χ2v) is 6.92. The fourth-order valence-electron chi connectivity index (χ4n) is 3.08. The van der Waals surface area contributed by atoms with Crippen LogP contribution in [0.1, 0.15) is 44.2 Å². The lowest BCUT2D eigenvalue weighted by Gasteiger charge is -2.42. The van der Waals surface area contributed by atoms with Crippen LogP contribution in [-0.4, -0.2) is 35.6 Å². The first kappa shape index (κ1) is 14.0. The predicted octanol–water partition coefficient (Wildman–Crippen LogP) is 2.52. The summed E-state index contributed by atoms with van der Waals surface area (Å²) in [5.41, 5.74) is -0.438. The van der Waals surface area contributed by atoms with Crippen molar-refractivity contribution in [2.24, 2.45) is 0 Å². The average Bonchev–Trinajstić information content (AvgIpc) is 2.99. The van der Waals surface area contributed by atoms with Crippen molar-refractivity contribution in [2.75, 3.05) is 7.11 Å². The zero-order valence-corrected chi connectivity index (χ0v) is 13.1. The van der Waals surface area contributed by atoms with E-state index >= 15 is 0 Å². The van der Waals surface area contributed by atoms with E-state index < -0.39 is 5.54 Å². The highest BCUT2D eigenvalue weighted by molar-refractivity contribution is 7.10. The first-order valence-electron chi connectivity index (χ1n) is 7.25. The van der Waals surface area contributed by atoms with Crippen molar-refractivity contribution in [3.05, 3.63) is 22.4 Å². The molecule has 1 amide bonds. The summed E-state index contributed by atoms with van der Waals surface area (Å²) in [5.74, 6) is 0.234. The SMILES string of the molecule is CCC1(C)NC(c2cccs2)N(C2CC(OC)C2)C1=O. The van der Waals surface area contributed by atoms with Gasteiger partial charge in [0.25, 0.3) is 0 Å². The summed E-state index contributed by atoms with van der Waals surface area (Å²) in [7, 11) is 1.75. The minimum absolute atomic E-state index is 0.0234. The first-order valence-corrected chi connectivity index (χ1v) is 8.13. The van der Waals surface area contributed by atoms with Gasteiger partial charge in [0.05, 0.1) is 11.6 Å².